The molecule has 126 valence electrons. The fraction of sp³-hybridized carbons (Fsp3) is 0.769. The molecule has 3 aliphatic rings. The molecule has 3 atom stereocenters. The first kappa shape index (κ1) is 18.3. The normalized spacial score (nSPS) is 28.8. The summed E-state index contributed by atoms with van der Waals surface area (Å²) in [6.45, 7) is 4.85. The van der Waals surface area contributed by atoms with E-state index in [0.717, 1.165) is 6.54 Å². The Kier molecular flexibility index (Phi) is 6.72. The molecular formula is C13H21NO8. The van der Waals surface area contributed by atoms with Gasteiger partial charge in [0.25, 0.3) is 0 Å². The maximum absolute atomic E-state index is 10.7. The molecule has 0 aromatic rings. The number of hydrogen-bond donors (Lipinski definition) is 4. The number of esters is 1. The highest BCUT2D eigenvalue weighted by molar-refractivity contribution is 5.83. The Bertz CT molecular complexity index is 400. The number of ether oxygens (including phenoxy) is 1. The molecule has 3 aliphatic heterocycles. The second kappa shape index (κ2) is 8.06. The summed E-state index contributed by atoms with van der Waals surface area (Å²) in [7, 11) is 0. The van der Waals surface area contributed by atoms with Crippen LogP contribution in [0.3, 0.4) is 0 Å². The molecule has 0 spiro atoms. The van der Waals surface area contributed by atoms with Crippen molar-refractivity contribution in [3.8, 4) is 0 Å². The number of aliphatic carboxylic acids is 2. The Labute approximate surface area is 127 Å². The fourth-order valence-corrected chi connectivity index (χ4v) is 2.53. The quantitative estimate of drug-likeness (QED) is 0.456. The van der Waals surface area contributed by atoms with Crippen molar-refractivity contribution in [1.82, 2.24) is 4.90 Å². The molecule has 0 amide bonds. The molecule has 0 aliphatic carbocycles. The van der Waals surface area contributed by atoms with Crippen LogP contribution in [-0.2, 0) is 19.1 Å². The van der Waals surface area contributed by atoms with Crippen molar-refractivity contribution in [1.29, 1.82) is 0 Å². The van der Waals surface area contributed by atoms with E-state index < -0.39 is 24.1 Å². The Hall–Kier alpha value is -1.71. The average molecular weight is 319 g/mol. The molecule has 0 aromatic carbocycles. The van der Waals surface area contributed by atoms with E-state index in [2.05, 4.69) is 4.90 Å². The Balaban J connectivity index is 0.000000225. The third-order valence-corrected chi connectivity index (χ3v) is 3.72. The van der Waals surface area contributed by atoms with Gasteiger partial charge in [-0.25, -0.2) is 9.59 Å². The molecular weight excluding hydrogens is 298 g/mol. The Morgan fingerprint density at radius 2 is 1.50 bits per heavy atom. The number of carboxylic acids is 2. The number of fused-ring (bicyclic) bond motifs is 3. The van der Waals surface area contributed by atoms with Gasteiger partial charge in [0.15, 0.2) is 12.2 Å². The summed E-state index contributed by atoms with van der Waals surface area (Å²) in [6.07, 6.45) is -1.93. The highest BCUT2D eigenvalue weighted by Crippen LogP contribution is 2.29. The molecule has 4 N–H and O–H groups in total. The molecule has 9 nitrogen and oxygen atoms in total. The standard InChI is InChI=1S/C9H15NO2.C4H6O6/c1-7(11)12-9-6-10-4-2-8(9)3-5-10;5-1(3(7)8)2(6)4(9)10/h8-9H,2-6H2,1H3;1-2,5-6H,(H,7,8)(H,9,10). The van der Waals surface area contributed by atoms with Crippen molar-refractivity contribution >= 4 is 17.9 Å². The third kappa shape index (κ3) is 5.24. The Morgan fingerprint density at radius 3 is 1.77 bits per heavy atom. The number of rotatable bonds is 4. The van der Waals surface area contributed by atoms with Crippen LogP contribution in [0.4, 0.5) is 0 Å². The van der Waals surface area contributed by atoms with Crippen molar-refractivity contribution < 1.29 is 39.5 Å². The summed E-state index contributed by atoms with van der Waals surface area (Å²) in [5, 5.41) is 32.5. The topological polar surface area (TPSA) is 145 Å². The first-order chi connectivity index (χ1) is 10.2. The van der Waals surface area contributed by atoms with E-state index in [9.17, 15) is 14.4 Å². The molecule has 3 rings (SSSR count). The number of hydrogen-bond acceptors (Lipinski definition) is 7. The van der Waals surface area contributed by atoms with Gasteiger partial charge in [-0.1, -0.05) is 0 Å². The lowest BCUT2D eigenvalue weighted by Crippen LogP contribution is -2.51. The molecule has 0 radical (unpaired) electrons. The number of carboxylic acid groups (broad SMARTS) is 2. The maximum Gasteiger partial charge on any atom is 0.335 e. The summed E-state index contributed by atoms with van der Waals surface area (Å²) in [5.74, 6) is -3.03. The van der Waals surface area contributed by atoms with E-state index in [-0.39, 0.29) is 12.1 Å². The van der Waals surface area contributed by atoms with E-state index in [1.807, 2.05) is 0 Å². The minimum absolute atomic E-state index is 0.131. The van der Waals surface area contributed by atoms with Gasteiger partial charge in [-0.3, -0.25) is 9.69 Å². The van der Waals surface area contributed by atoms with Crippen LogP contribution in [0, 0.1) is 5.92 Å². The van der Waals surface area contributed by atoms with Gasteiger partial charge in [-0.15, -0.1) is 0 Å². The van der Waals surface area contributed by atoms with Gasteiger partial charge in [0, 0.05) is 13.5 Å². The van der Waals surface area contributed by atoms with E-state index in [0.29, 0.717) is 5.92 Å². The molecule has 3 unspecified atom stereocenters. The van der Waals surface area contributed by atoms with E-state index in [1.54, 1.807) is 0 Å². The van der Waals surface area contributed by atoms with Crippen LogP contribution in [0.2, 0.25) is 0 Å². The van der Waals surface area contributed by atoms with Crippen LogP contribution in [-0.4, -0.2) is 81.2 Å². The lowest BCUT2D eigenvalue weighted by molar-refractivity contribution is -0.165. The molecule has 0 saturated carbocycles. The zero-order chi connectivity index (χ0) is 16.9. The molecule has 2 bridgehead atoms. The van der Waals surface area contributed by atoms with Crippen LogP contribution in [0.25, 0.3) is 0 Å². The summed E-state index contributed by atoms with van der Waals surface area (Å²) >= 11 is 0. The van der Waals surface area contributed by atoms with Gasteiger partial charge in [0.2, 0.25) is 0 Å². The number of carbonyl (C=O) groups excluding carboxylic acids is 1. The highest BCUT2D eigenvalue weighted by Gasteiger charge is 2.35. The number of piperidine rings is 3. The summed E-state index contributed by atoms with van der Waals surface area (Å²) < 4.78 is 5.24. The summed E-state index contributed by atoms with van der Waals surface area (Å²) in [5.41, 5.74) is 0. The average Bonchev–Trinajstić information content (AvgIpc) is 2.46. The monoisotopic (exact) mass is 319 g/mol. The van der Waals surface area contributed by atoms with Crippen molar-refractivity contribution in [2.24, 2.45) is 5.92 Å². The van der Waals surface area contributed by atoms with Gasteiger partial charge in [0.1, 0.15) is 6.10 Å². The van der Waals surface area contributed by atoms with Crippen molar-refractivity contribution in [3.63, 3.8) is 0 Å². The highest BCUT2D eigenvalue weighted by atomic mass is 16.5. The van der Waals surface area contributed by atoms with Gasteiger partial charge >= 0.3 is 17.9 Å². The summed E-state index contributed by atoms with van der Waals surface area (Å²) in [6, 6.07) is 0. The SMILES string of the molecule is CC(=O)OC1CN2CCC1CC2.O=C(O)C(O)C(O)C(=O)O. The van der Waals surface area contributed by atoms with Gasteiger partial charge in [-0.05, 0) is 31.8 Å². The number of aliphatic hydroxyl groups is 2. The number of nitrogens with zero attached hydrogens (tertiary/aromatic N) is 1. The van der Waals surface area contributed by atoms with Crippen LogP contribution in [0.1, 0.15) is 19.8 Å². The second-order valence-electron chi connectivity index (χ2n) is 5.35. The zero-order valence-electron chi connectivity index (χ0n) is 12.2. The number of aliphatic hydroxyl groups excluding tert-OH is 2. The fourth-order valence-electron chi connectivity index (χ4n) is 2.53. The Morgan fingerprint density at radius 1 is 1.05 bits per heavy atom. The molecule has 0 aromatic heterocycles. The first-order valence-corrected chi connectivity index (χ1v) is 6.93. The smallest absolute Gasteiger partial charge is 0.335 e. The molecule has 9 heteroatoms. The molecule has 22 heavy (non-hydrogen) atoms. The zero-order valence-corrected chi connectivity index (χ0v) is 12.2. The first-order valence-electron chi connectivity index (χ1n) is 6.93. The van der Waals surface area contributed by atoms with Gasteiger partial charge < -0.3 is 25.2 Å². The van der Waals surface area contributed by atoms with Crippen LogP contribution in [0.5, 0.6) is 0 Å². The molecule has 3 fully saturated rings. The predicted octanol–water partition coefficient (Wildman–Crippen LogP) is -1.48. The third-order valence-electron chi connectivity index (χ3n) is 3.72. The minimum atomic E-state index is -2.27. The van der Waals surface area contributed by atoms with E-state index in [1.165, 1.54) is 32.9 Å². The second-order valence-corrected chi connectivity index (χ2v) is 5.35. The maximum atomic E-state index is 10.7. The van der Waals surface area contributed by atoms with E-state index >= 15 is 0 Å². The molecule has 3 heterocycles. The van der Waals surface area contributed by atoms with Gasteiger partial charge in [-0.2, -0.15) is 0 Å². The summed E-state index contributed by atoms with van der Waals surface area (Å²) in [4.78, 5) is 32.7. The van der Waals surface area contributed by atoms with E-state index in [4.69, 9.17) is 25.2 Å². The minimum Gasteiger partial charge on any atom is -0.479 e. The largest absolute Gasteiger partial charge is 0.479 e. The van der Waals surface area contributed by atoms with Crippen LogP contribution in [0.15, 0.2) is 0 Å². The molecule has 3 saturated heterocycles. The lowest BCUT2D eigenvalue weighted by atomic mass is 9.86. The number of carbonyl (C=O) groups is 3. The van der Waals surface area contributed by atoms with Crippen molar-refractivity contribution in [2.75, 3.05) is 19.6 Å². The van der Waals surface area contributed by atoms with Gasteiger partial charge in [0.05, 0.1) is 0 Å². The van der Waals surface area contributed by atoms with Crippen LogP contribution < -0.4 is 0 Å². The lowest BCUT2D eigenvalue weighted by Gasteiger charge is -2.43. The van der Waals surface area contributed by atoms with Crippen LogP contribution >= 0.6 is 0 Å². The van der Waals surface area contributed by atoms with Crippen molar-refractivity contribution in [2.45, 2.75) is 38.1 Å². The van der Waals surface area contributed by atoms with Crippen molar-refractivity contribution in [3.05, 3.63) is 0 Å². The predicted molar refractivity (Wildman–Crippen MR) is 72.0 cm³/mol.